The molecule has 0 radical (unpaired) electrons. The predicted molar refractivity (Wildman–Crippen MR) is 78.1 cm³/mol. The fraction of sp³-hybridized carbons (Fsp3) is 0.500. The largest absolute Gasteiger partial charge is 0.381 e. The summed E-state index contributed by atoms with van der Waals surface area (Å²) in [6.45, 7) is 3.28. The van der Waals surface area contributed by atoms with E-state index >= 15 is 0 Å². The smallest absolute Gasteiger partial charge is 0.144 e. The van der Waals surface area contributed by atoms with Gasteiger partial charge in [-0.05, 0) is 25.8 Å². The van der Waals surface area contributed by atoms with Gasteiger partial charge in [-0.2, -0.15) is 0 Å². The number of rotatable bonds is 2. The number of fused-ring (bicyclic) bond motifs is 1. The molecule has 1 saturated heterocycles. The van der Waals surface area contributed by atoms with E-state index in [2.05, 4.69) is 9.55 Å². The van der Waals surface area contributed by atoms with Crippen LogP contribution < -0.4 is 0 Å². The second kappa shape index (κ2) is 5.51. The Labute approximate surface area is 126 Å². The summed E-state index contributed by atoms with van der Waals surface area (Å²) < 4.78 is 21.2. The van der Waals surface area contributed by atoms with Crippen molar-refractivity contribution < 1.29 is 9.13 Å². The minimum atomic E-state index is -0.429. The molecule has 0 saturated carbocycles. The molecule has 0 N–H and O–H groups in total. The standard InChI is InChI=1S/C14H15Cl2FN2O/c1-8(15)14-18-12-6-10(16)11(17)7-13(12)19(14)9-2-4-20-5-3-9/h6-9H,2-5H2,1H3. The highest BCUT2D eigenvalue weighted by molar-refractivity contribution is 6.31. The van der Waals surface area contributed by atoms with Crippen molar-refractivity contribution in [2.45, 2.75) is 31.2 Å². The quantitative estimate of drug-likeness (QED) is 0.764. The maximum Gasteiger partial charge on any atom is 0.144 e. The van der Waals surface area contributed by atoms with Crippen molar-refractivity contribution in [3.63, 3.8) is 0 Å². The zero-order chi connectivity index (χ0) is 14.3. The van der Waals surface area contributed by atoms with Crippen LogP contribution in [0, 0.1) is 5.82 Å². The average molecular weight is 317 g/mol. The van der Waals surface area contributed by atoms with E-state index in [1.54, 1.807) is 6.07 Å². The van der Waals surface area contributed by atoms with Crippen LogP contribution in [0.5, 0.6) is 0 Å². The summed E-state index contributed by atoms with van der Waals surface area (Å²) in [5.74, 6) is 0.330. The lowest BCUT2D eigenvalue weighted by molar-refractivity contribution is 0.0698. The molecule has 1 aliphatic rings. The minimum Gasteiger partial charge on any atom is -0.381 e. The summed E-state index contributed by atoms with van der Waals surface area (Å²) in [4.78, 5) is 4.53. The number of benzene rings is 1. The normalized spacial score (nSPS) is 18.6. The monoisotopic (exact) mass is 316 g/mol. The molecule has 0 spiro atoms. The highest BCUT2D eigenvalue weighted by Crippen LogP contribution is 2.34. The molecule has 2 aromatic rings. The molecule has 20 heavy (non-hydrogen) atoms. The molecule has 3 rings (SSSR count). The minimum absolute atomic E-state index is 0.0860. The molecule has 0 amide bonds. The summed E-state index contributed by atoms with van der Waals surface area (Å²) in [7, 11) is 0. The van der Waals surface area contributed by atoms with Crippen LogP contribution in [0.3, 0.4) is 0 Å². The number of alkyl halides is 1. The third-order valence-corrected chi connectivity index (χ3v) is 4.16. The van der Waals surface area contributed by atoms with Crippen molar-refractivity contribution in [1.82, 2.24) is 9.55 Å². The van der Waals surface area contributed by atoms with Crippen LogP contribution in [0.25, 0.3) is 11.0 Å². The van der Waals surface area contributed by atoms with Crippen molar-refractivity contribution in [3.05, 3.63) is 28.8 Å². The van der Waals surface area contributed by atoms with Gasteiger partial charge in [-0.15, -0.1) is 11.6 Å². The molecule has 1 fully saturated rings. The number of nitrogens with zero attached hydrogens (tertiary/aromatic N) is 2. The van der Waals surface area contributed by atoms with Crippen LogP contribution in [0.1, 0.15) is 37.0 Å². The molecule has 0 aliphatic carbocycles. The van der Waals surface area contributed by atoms with Gasteiger partial charge in [-0.1, -0.05) is 11.6 Å². The van der Waals surface area contributed by atoms with E-state index in [9.17, 15) is 4.39 Å². The highest BCUT2D eigenvalue weighted by atomic mass is 35.5. The highest BCUT2D eigenvalue weighted by Gasteiger charge is 2.24. The van der Waals surface area contributed by atoms with E-state index < -0.39 is 5.82 Å². The Morgan fingerprint density at radius 1 is 1.40 bits per heavy atom. The average Bonchev–Trinajstić information content (AvgIpc) is 2.79. The molecular formula is C14H15Cl2FN2O. The van der Waals surface area contributed by atoms with Crippen molar-refractivity contribution in [2.75, 3.05) is 13.2 Å². The fourth-order valence-corrected chi connectivity index (χ4v) is 3.03. The molecule has 1 aromatic carbocycles. The summed E-state index contributed by atoms with van der Waals surface area (Å²) in [6.07, 6.45) is 1.76. The van der Waals surface area contributed by atoms with E-state index in [1.807, 2.05) is 6.92 Å². The Morgan fingerprint density at radius 3 is 2.75 bits per heavy atom. The number of halogens is 3. The van der Waals surface area contributed by atoms with Gasteiger partial charge >= 0.3 is 0 Å². The van der Waals surface area contributed by atoms with E-state index in [0.29, 0.717) is 18.7 Å². The van der Waals surface area contributed by atoms with E-state index in [0.717, 1.165) is 24.2 Å². The first-order valence-electron chi connectivity index (χ1n) is 6.66. The first-order chi connectivity index (χ1) is 9.58. The Morgan fingerprint density at radius 2 is 2.10 bits per heavy atom. The molecule has 1 unspecified atom stereocenters. The second-order valence-corrected chi connectivity index (χ2v) is 6.12. The van der Waals surface area contributed by atoms with Gasteiger partial charge in [-0.25, -0.2) is 9.37 Å². The fourth-order valence-electron chi connectivity index (χ4n) is 2.72. The topological polar surface area (TPSA) is 27.1 Å². The van der Waals surface area contributed by atoms with Gasteiger partial charge < -0.3 is 9.30 Å². The van der Waals surface area contributed by atoms with Gasteiger partial charge in [-0.3, -0.25) is 0 Å². The Hall–Kier alpha value is -0.840. The first kappa shape index (κ1) is 14.1. The molecule has 1 aromatic heterocycles. The molecule has 1 aliphatic heterocycles. The summed E-state index contributed by atoms with van der Waals surface area (Å²) >= 11 is 12.1. The van der Waals surface area contributed by atoms with E-state index in [4.69, 9.17) is 27.9 Å². The summed E-state index contributed by atoms with van der Waals surface area (Å²) in [5, 5.41) is -0.157. The first-order valence-corrected chi connectivity index (χ1v) is 7.48. The lowest BCUT2D eigenvalue weighted by Crippen LogP contribution is -2.21. The predicted octanol–water partition coefficient (Wildman–Crippen LogP) is 4.48. The maximum atomic E-state index is 13.8. The zero-order valence-corrected chi connectivity index (χ0v) is 12.6. The van der Waals surface area contributed by atoms with Crippen molar-refractivity contribution >= 4 is 34.2 Å². The summed E-state index contributed by atoms with van der Waals surface area (Å²) in [6, 6.07) is 3.25. The van der Waals surface area contributed by atoms with Gasteiger partial charge in [0.1, 0.15) is 11.6 Å². The molecule has 0 bridgehead atoms. The van der Waals surface area contributed by atoms with Crippen molar-refractivity contribution in [2.24, 2.45) is 0 Å². The molecule has 6 heteroatoms. The molecule has 3 nitrogen and oxygen atoms in total. The van der Waals surface area contributed by atoms with Gasteiger partial charge in [0.2, 0.25) is 0 Å². The maximum absolute atomic E-state index is 13.8. The molecule has 108 valence electrons. The van der Waals surface area contributed by atoms with Crippen LogP contribution in [-0.4, -0.2) is 22.8 Å². The lowest BCUT2D eigenvalue weighted by Gasteiger charge is -2.26. The van der Waals surface area contributed by atoms with E-state index in [-0.39, 0.29) is 16.4 Å². The van der Waals surface area contributed by atoms with Crippen LogP contribution in [-0.2, 0) is 4.74 Å². The molecule has 2 heterocycles. The Kier molecular flexibility index (Phi) is 3.89. The van der Waals surface area contributed by atoms with Crippen molar-refractivity contribution in [3.8, 4) is 0 Å². The third-order valence-electron chi connectivity index (χ3n) is 3.67. The lowest BCUT2D eigenvalue weighted by atomic mass is 10.1. The van der Waals surface area contributed by atoms with Gasteiger partial charge in [0.25, 0.3) is 0 Å². The van der Waals surface area contributed by atoms with Crippen LogP contribution in [0.15, 0.2) is 12.1 Å². The summed E-state index contributed by atoms with van der Waals surface area (Å²) in [5.41, 5.74) is 1.44. The molecule has 1 atom stereocenters. The van der Waals surface area contributed by atoms with E-state index in [1.165, 1.54) is 6.07 Å². The SMILES string of the molecule is CC(Cl)c1nc2cc(Cl)c(F)cc2n1C1CCOCC1. The number of hydrogen-bond donors (Lipinski definition) is 0. The Bertz CT molecular complexity index is 636. The Balaban J connectivity index is 2.20. The van der Waals surface area contributed by atoms with Gasteiger partial charge in [0.15, 0.2) is 0 Å². The van der Waals surface area contributed by atoms with Gasteiger partial charge in [0, 0.05) is 25.3 Å². The number of imidazole rings is 1. The number of aromatic nitrogens is 2. The van der Waals surface area contributed by atoms with Crippen molar-refractivity contribution in [1.29, 1.82) is 0 Å². The van der Waals surface area contributed by atoms with Crippen LogP contribution in [0.2, 0.25) is 5.02 Å². The zero-order valence-electron chi connectivity index (χ0n) is 11.1. The second-order valence-electron chi connectivity index (χ2n) is 5.05. The number of hydrogen-bond acceptors (Lipinski definition) is 2. The number of ether oxygens (including phenoxy) is 1. The third kappa shape index (κ3) is 2.41. The van der Waals surface area contributed by atoms with Crippen LogP contribution >= 0.6 is 23.2 Å². The van der Waals surface area contributed by atoms with Crippen LogP contribution in [0.4, 0.5) is 4.39 Å². The van der Waals surface area contributed by atoms with Gasteiger partial charge in [0.05, 0.1) is 21.4 Å². The molecular weight excluding hydrogens is 302 g/mol.